The van der Waals surface area contributed by atoms with E-state index in [-0.39, 0.29) is 23.5 Å². The van der Waals surface area contributed by atoms with Crippen molar-refractivity contribution in [1.82, 2.24) is 0 Å². The van der Waals surface area contributed by atoms with Crippen LogP contribution in [0, 0.1) is 0 Å². The minimum absolute atomic E-state index is 0.0329. The molecule has 18 heavy (non-hydrogen) atoms. The molecule has 0 fully saturated rings. The molecule has 0 radical (unpaired) electrons. The first-order valence-corrected chi connectivity index (χ1v) is 5.93. The average molecular weight is 282 g/mol. The van der Waals surface area contributed by atoms with Crippen LogP contribution >= 0.6 is 11.3 Å². The van der Waals surface area contributed by atoms with E-state index < -0.39 is 18.6 Å². The van der Waals surface area contributed by atoms with Gasteiger partial charge in [0, 0.05) is 13.0 Å². The van der Waals surface area contributed by atoms with Gasteiger partial charge in [0.05, 0.1) is 17.8 Å². The van der Waals surface area contributed by atoms with Crippen LogP contribution < -0.4 is 11.1 Å². The Morgan fingerprint density at radius 1 is 1.56 bits per heavy atom. The van der Waals surface area contributed by atoms with Crippen LogP contribution in [0.25, 0.3) is 0 Å². The largest absolute Gasteiger partial charge is 0.465 e. The molecule has 1 aromatic rings. The zero-order valence-corrected chi connectivity index (χ0v) is 10.5. The number of alkyl halides is 3. The van der Waals surface area contributed by atoms with Gasteiger partial charge >= 0.3 is 12.1 Å². The molecule has 0 aliphatic carbocycles. The smallest absolute Gasteiger partial charge is 0.389 e. The number of hydrogen-bond donors (Lipinski definition) is 2. The summed E-state index contributed by atoms with van der Waals surface area (Å²) in [6, 6.07) is 1.50. The lowest BCUT2D eigenvalue weighted by Gasteiger charge is -2.06. The van der Waals surface area contributed by atoms with Crippen molar-refractivity contribution in [3.63, 3.8) is 0 Å². The maximum Gasteiger partial charge on any atom is 0.389 e. The van der Waals surface area contributed by atoms with Crippen LogP contribution in [-0.4, -0.2) is 25.8 Å². The van der Waals surface area contributed by atoms with Gasteiger partial charge in [0.15, 0.2) is 0 Å². The van der Waals surface area contributed by atoms with E-state index in [2.05, 4.69) is 10.1 Å². The first kappa shape index (κ1) is 14.6. The SMILES string of the molecule is COC(=O)c1sc(NCCCC(F)(F)F)cc1N. The van der Waals surface area contributed by atoms with E-state index in [0.717, 1.165) is 11.3 Å². The fourth-order valence-corrected chi connectivity index (χ4v) is 2.17. The summed E-state index contributed by atoms with van der Waals surface area (Å²) in [6.07, 6.45) is -5.02. The highest BCUT2D eigenvalue weighted by Crippen LogP contribution is 2.30. The lowest BCUT2D eigenvalue weighted by atomic mass is 10.3. The second-order valence-corrected chi connectivity index (χ2v) is 4.58. The predicted octanol–water partition coefficient (Wildman–Crippen LogP) is 2.87. The number of carbonyl (C=O) groups is 1. The summed E-state index contributed by atoms with van der Waals surface area (Å²) in [7, 11) is 1.23. The Balaban J connectivity index is 2.47. The molecule has 4 nitrogen and oxygen atoms in total. The van der Waals surface area contributed by atoms with Crippen LogP contribution in [0.2, 0.25) is 0 Å². The molecular weight excluding hydrogens is 269 g/mol. The highest BCUT2D eigenvalue weighted by Gasteiger charge is 2.25. The van der Waals surface area contributed by atoms with Gasteiger partial charge in [0.25, 0.3) is 0 Å². The van der Waals surface area contributed by atoms with E-state index in [9.17, 15) is 18.0 Å². The second-order valence-electron chi connectivity index (χ2n) is 3.53. The molecule has 8 heteroatoms. The molecule has 0 saturated carbocycles. The summed E-state index contributed by atoms with van der Waals surface area (Å²) in [5.41, 5.74) is 5.84. The van der Waals surface area contributed by atoms with Gasteiger partial charge in [-0.05, 0) is 12.5 Å². The Morgan fingerprint density at radius 3 is 2.78 bits per heavy atom. The maximum absolute atomic E-state index is 11.9. The molecule has 0 unspecified atom stereocenters. The van der Waals surface area contributed by atoms with Crippen molar-refractivity contribution >= 4 is 28.0 Å². The van der Waals surface area contributed by atoms with Gasteiger partial charge in [-0.15, -0.1) is 11.3 Å². The van der Waals surface area contributed by atoms with E-state index >= 15 is 0 Å². The third-order valence-corrected chi connectivity index (χ3v) is 3.16. The summed E-state index contributed by atoms with van der Waals surface area (Å²) in [5, 5.41) is 3.34. The molecule has 0 aliphatic heterocycles. The number of carbonyl (C=O) groups excluding carboxylic acids is 1. The fourth-order valence-electron chi connectivity index (χ4n) is 1.24. The minimum Gasteiger partial charge on any atom is -0.465 e. The number of nitrogens with one attached hydrogen (secondary N) is 1. The molecule has 3 N–H and O–H groups in total. The number of rotatable bonds is 5. The molecule has 0 bridgehead atoms. The summed E-state index contributed by atoms with van der Waals surface area (Å²) < 4.78 is 40.2. The zero-order valence-electron chi connectivity index (χ0n) is 9.63. The summed E-state index contributed by atoms with van der Waals surface area (Å²) >= 11 is 1.06. The Labute approximate surface area is 106 Å². The number of ether oxygens (including phenoxy) is 1. The average Bonchev–Trinajstić information content (AvgIpc) is 2.64. The van der Waals surface area contributed by atoms with Crippen LogP contribution in [0.3, 0.4) is 0 Å². The molecule has 0 aromatic carbocycles. The number of halogens is 3. The maximum atomic E-state index is 11.9. The normalized spacial score (nSPS) is 11.3. The monoisotopic (exact) mass is 282 g/mol. The molecule has 0 saturated heterocycles. The van der Waals surface area contributed by atoms with Crippen molar-refractivity contribution in [2.24, 2.45) is 0 Å². The number of hydrogen-bond acceptors (Lipinski definition) is 5. The molecule has 0 spiro atoms. The molecular formula is C10H13F3N2O2S. The Kier molecular flexibility index (Phi) is 4.83. The molecule has 0 amide bonds. The first-order chi connectivity index (χ1) is 8.33. The van der Waals surface area contributed by atoms with Crippen LogP contribution in [0.15, 0.2) is 6.07 Å². The Morgan fingerprint density at radius 2 is 2.22 bits per heavy atom. The molecule has 0 aliphatic rings. The van der Waals surface area contributed by atoms with E-state index in [1.54, 1.807) is 0 Å². The number of thiophene rings is 1. The number of nitrogen functional groups attached to an aromatic ring is 1. The molecule has 0 atom stereocenters. The van der Waals surface area contributed by atoms with Crippen LogP contribution in [-0.2, 0) is 4.74 Å². The zero-order chi connectivity index (χ0) is 13.8. The minimum atomic E-state index is -4.15. The van der Waals surface area contributed by atoms with Crippen molar-refractivity contribution in [1.29, 1.82) is 0 Å². The topological polar surface area (TPSA) is 64.3 Å². The standard InChI is InChI=1S/C10H13F3N2O2S/c1-17-9(16)8-6(14)5-7(18-8)15-4-2-3-10(11,12)13/h5,15H,2-4,14H2,1H3. The fraction of sp³-hybridized carbons (Fsp3) is 0.500. The number of methoxy groups -OCH3 is 1. The lowest BCUT2D eigenvalue weighted by molar-refractivity contribution is -0.134. The van der Waals surface area contributed by atoms with Gasteiger partial charge < -0.3 is 15.8 Å². The summed E-state index contributed by atoms with van der Waals surface area (Å²) in [5.74, 6) is -0.555. The van der Waals surface area contributed by atoms with Gasteiger partial charge in [-0.2, -0.15) is 13.2 Å². The van der Waals surface area contributed by atoms with Crippen molar-refractivity contribution in [2.75, 3.05) is 24.7 Å². The first-order valence-electron chi connectivity index (χ1n) is 5.11. The van der Waals surface area contributed by atoms with Crippen LogP contribution in [0.1, 0.15) is 22.5 Å². The third-order valence-electron chi connectivity index (χ3n) is 2.07. The third kappa shape index (κ3) is 4.44. The van der Waals surface area contributed by atoms with Gasteiger partial charge in [0.2, 0.25) is 0 Å². The number of nitrogens with two attached hydrogens (primary N) is 1. The van der Waals surface area contributed by atoms with E-state index in [1.165, 1.54) is 13.2 Å². The molecule has 1 rings (SSSR count). The van der Waals surface area contributed by atoms with Crippen molar-refractivity contribution in [3.8, 4) is 0 Å². The van der Waals surface area contributed by atoms with Crippen molar-refractivity contribution < 1.29 is 22.7 Å². The molecule has 1 heterocycles. The number of anilines is 2. The van der Waals surface area contributed by atoms with Gasteiger partial charge in [-0.1, -0.05) is 0 Å². The van der Waals surface area contributed by atoms with E-state index in [1.807, 2.05) is 0 Å². The second kappa shape index (κ2) is 5.94. The predicted molar refractivity (Wildman–Crippen MR) is 63.8 cm³/mol. The van der Waals surface area contributed by atoms with Gasteiger partial charge in [-0.3, -0.25) is 0 Å². The highest BCUT2D eigenvalue weighted by atomic mass is 32.1. The summed E-state index contributed by atoms with van der Waals surface area (Å²) in [6.45, 7) is 0.167. The number of esters is 1. The molecule has 102 valence electrons. The Hall–Kier alpha value is -1.44. The van der Waals surface area contributed by atoms with Crippen LogP contribution in [0.5, 0.6) is 0 Å². The Bertz CT molecular complexity index is 418. The van der Waals surface area contributed by atoms with Crippen molar-refractivity contribution in [3.05, 3.63) is 10.9 Å². The van der Waals surface area contributed by atoms with E-state index in [4.69, 9.17) is 5.73 Å². The summed E-state index contributed by atoms with van der Waals surface area (Å²) in [4.78, 5) is 11.5. The quantitative estimate of drug-likeness (QED) is 0.644. The van der Waals surface area contributed by atoms with Crippen molar-refractivity contribution in [2.45, 2.75) is 19.0 Å². The highest BCUT2D eigenvalue weighted by molar-refractivity contribution is 7.18. The van der Waals surface area contributed by atoms with Gasteiger partial charge in [0.1, 0.15) is 4.88 Å². The lowest BCUT2D eigenvalue weighted by Crippen LogP contribution is -2.10. The van der Waals surface area contributed by atoms with Gasteiger partial charge in [-0.25, -0.2) is 4.79 Å². The van der Waals surface area contributed by atoms with Crippen LogP contribution in [0.4, 0.5) is 23.9 Å². The van der Waals surface area contributed by atoms with E-state index in [0.29, 0.717) is 5.00 Å². The molecule has 1 aromatic heterocycles.